The van der Waals surface area contributed by atoms with Gasteiger partial charge in [0.1, 0.15) is 6.07 Å². The van der Waals surface area contributed by atoms with Gasteiger partial charge < -0.3 is 19.9 Å². The number of nitrogens with zero attached hydrogens (tertiary/aromatic N) is 1. The van der Waals surface area contributed by atoms with E-state index in [2.05, 4.69) is 21.2 Å². The highest BCUT2D eigenvalue weighted by atomic mass is 16.5. The van der Waals surface area contributed by atoms with Crippen LogP contribution in [0.4, 0.5) is 0 Å². The van der Waals surface area contributed by atoms with E-state index in [1.807, 2.05) is 0 Å². The highest BCUT2D eigenvalue weighted by Gasteiger charge is 2.38. The van der Waals surface area contributed by atoms with Crippen molar-refractivity contribution < 1.29 is 28.6 Å². The molecule has 0 aromatic heterocycles. The Kier molecular flexibility index (Phi) is 14.3. The molecule has 0 amide bonds. The molecule has 21 heavy (non-hydrogen) atoms. The molecule has 0 aromatic carbocycles. The van der Waals surface area contributed by atoms with Gasteiger partial charge in [0.05, 0.1) is 18.6 Å². The molecule has 0 spiro atoms. The van der Waals surface area contributed by atoms with Crippen LogP contribution >= 0.6 is 0 Å². The molecule has 0 aliphatic carbocycles. The second-order valence-corrected chi connectivity index (χ2v) is 3.65. The molecular formula is C11H20N4O6. The zero-order chi connectivity index (χ0) is 16.6. The molecule has 0 bridgehead atoms. The van der Waals surface area contributed by atoms with Crippen LogP contribution in [0.5, 0.6) is 0 Å². The quantitative estimate of drug-likeness (QED) is 0.0958. The van der Waals surface area contributed by atoms with Crippen LogP contribution < -0.4 is 17.4 Å². The topological polar surface area (TPSA) is 181 Å². The Labute approximate surface area is 122 Å². The molecule has 0 radical (unpaired) electrons. The Bertz CT molecular complexity index is 330. The number of nitrogens with two attached hydrogens (primary N) is 3. The minimum absolute atomic E-state index is 0.0244. The lowest BCUT2D eigenvalue weighted by atomic mass is 9.81. The number of ether oxygens (including phenoxy) is 3. The lowest BCUT2D eigenvalue weighted by Gasteiger charge is -2.28. The summed E-state index contributed by atoms with van der Waals surface area (Å²) in [4.78, 5) is 32.1. The van der Waals surface area contributed by atoms with Crippen LogP contribution in [0.15, 0.2) is 0 Å². The van der Waals surface area contributed by atoms with Crippen molar-refractivity contribution in [3.63, 3.8) is 0 Å². The fraction of sp³-hybridized carbons (Fsp3) is 0.636. The van der Waals surface area contributed by atoms with Crippen molar-refractivity contribution in [3.8, 4) is 6.07 Å². The van der Waals surface area contributed by atoms with Gasteiger partial charge in [-0.1, -0.05) is 0 Å². The molecule has 0 aliphatic heterocycles. The minimum atomic E-state index is -1.15. The van der Waals surface area contributed by atoms with Crippen molar-refractivity contribution >= 4 is 18.9 Å². The van der Waals surface area contributed by atoms with Gasteiger partial charge in [0, 0.05) is 6.54 Å². The summed E-state index contributed by atoms with van der Waals surface area (Å²) in [5.74, 6) is 7.32. The lowest BCUT2D eigenvalue weighted by molar-refractivity contribution is -0.158. The summed E-state index contributed by atoms with van der Waals surface area (Å²) in [5.41, 5.74) is 4.42. The van der Waals surface area contributed by atoms with E-state index < -0.39 is 18.0 Å². The number of rotatable bonds is 11. The molecule has 0 aromatic rings. The molecule has 0 rings (SSSR count). The average molecular weight is 304 g/mol. The van der Waals surface area contributed by atoms with E-state index in [4.69, 9.17) is 15.7 Å². The van der Waals surface area contributed by atoms with Gasteiger partial charge in [-0.2, -0.15) is 5.26 Å². The van der Waals surface area contributed by atoms with Crippen LogP contribution in [-0.2, 0) is 28.6 Å². The SMILES string of the molecule is N#CCOC(=O)C(CN)(CCOC=O)CCOC=O.NN. The van der Waals surface area contributed by atoms with Crippen LogP contribution in [0.2, 0.25) is 0 Å². The summed E-state index contributed by atoms with van der Waals surface area (Å²) >= 11 is 0. The first-order valence-corrected chi connectivity index (χ1v) is 5.85. The van der Waals surface area contributed by atoms with Crippen molar-refractivity contribution in [2.45, 2.75) is 12.8 Å². The van der Waals surface area contributed by atoms with Gasteiger partial charge in [-0.25, -0.2) is 0 Å². The third-order valence-electron chi connectivity index (χ3n) is 2.62. The fourth-order valence-electron chi connectivity index (χ4n) is 1.47. The Morgan fingerprint density at radius 2 is 1.62 bits per heavy atom. The molecule has 10 nitrogen and oxygen atoms in total. The van der Waals surface area contributed by atoms with Crippen LogP contribution in [0, 0.1) is 16.7 Å². The lowest BCUT2D eigenvalue weighted by Crippen LogP contribution is -2.42. The maximum atomic E-state index is 11.9. The van der Waals surface area contributed by atoms with Crippen molar-refractivity contribution in [2.75, 3.05) is 26.4 Å². The van der Waals surface area contributed by atoms with E-state index in [-0.39, 0.29) is 45.5 Å². The van der Waals surface area contributed by atoms with Gasteiger partial charge in [0.2, 0.25) is 0 Å². The molecule has 0 saturated carbocycles. The van der Waals surface area contributed by atoms with Gasteiger partial charge in [-0.05, 0) is 12.8 Å². The number of carbonyl (C=O) groups excluding carboxylic acids is 3. The number of hydrazine groups is 1. The molecule has 6 N–H and O–H groups in total. The standard InChI is InChI=1S/C11H16N2O6.H4N2/c12-3-6-19-10(16)11(7-13,1-4-17-8-14)2-5-18-9-15;1-2/h8-9H,1-2,4-7,13H2;1-2H2. The van der Waals surface area contributed by atoms with E-state index in [0.717, 1.165) is 0 Å². The second-order valence-electron chi connectivity index (χ2n) is 3.65. The van der Waals surface area contributed by atoms with Gasteiger partial charge in [-0.3, -0.25) is 26.1 Å². The van der Waals surface area contributed by atoms with E-state index in [0.29, 0.717) is 0 Å². The summed E-state index contributed by atoms with van der Waals surface area (Å²) in [7, 11) is 0. The highest BCUT2D eigenvalue weighted by Crippen LogP contribution is 2.27. The predicted octanol–water partition coefficient (Wildman–Crippen LogP) is -2.06. The molecule has 0 aliphatic rings. The highest BCUT2D eigenvalue weighted by molar-refractivity contribution is 5.77. The van der Waals surface area contributed by atoms with Crippen molar-refractivity contribution in [2.24, 2.45) is 22.8 Å². The fourth-order valence-corrected chi connectivity index (χ4v) is 1.47. The van der Waals surface area contributed by atoms with Crippen molar-refractivity contribution in [3.05, 3.63) is 0 Å². The monoisotopic (exact) mass is 304 g/mol. The molecule has 0 unspecified atom stereocenters. The number of carbonyl (C=O) groups is 3. The van der Waals surface area contributed by atoms with Gasteiger partial charge in [0.15, 0.2) is 6.61 Å². The first kappa shape index (κ1) is 21.1. The number of nitriles is 1. The summed E-state index contributed by atoms with van der Waals surface area (Å²) in [6, 6.07) is 1.67. The zero-order valence-electron chi connectivity index (χ0n) is 11.5. The number of esters is 1. The molecule has 120 valence electrons. The maximum Gasteiger partial charge on any atom is 0.314 e. The molecular weight excluding hydrogens is 284 g/mol. The van der Waals surface area contributed by atoms with E-state index in [9.17, 15) is 14.4 Å². The Morgan fingerprint density at radius 3 is 1.95 bits per heavy atom. The summed E-state index contributed by atoms with van der Waals surface area (Å²) in [6.45, 7) is -0.0220. The molecule has 0 saturated heterocycles. The van der Waals surface area contributed by atoms with Crippen molar-refractivity contribution in [1.82, 2.24) is 0 Å². The first-order chi connectivity index (χ1) is 10.2. The minimum Gasteiger partial charge on any atom is -0.468 e. The third kappa shape index (κ3) is 8.53. The Morgan fingerprint density at radius 1 is 1.14 bits per heavy atom. The normalized spacial score (nSPS) is 9.43. The molecule has 10 heteroatoms. The second kappa shape index (κ2) is 14.2. The molecule has 0 fully saturated rings. The average Bonchev–Trinajstić information content (AvgIpc) is 2.53. The van der Waals surface area contributed by atoms with Crippen LogP contribution in [-0.4, -0.2) is 45.3 Å². The molecule has 0 heterocycles. The summed E-state index contributed by atoms with van der Waals surface area (Å²) in [6.07, 6.45) is 0.240. The van der Waals surface area contributed by atoms with Crippen molar-refractivity contribution in [1.29, 1.82) is 5.26 Å². The van der Waals surface area contributed by atoms with Gasteiger partial charge >= 0.3 is 5.97 Å². The zero-order valence-corrected chi connectivity index (χ0v) is 11.5. The largest absolute Gasteiger partial charge is 0.468 e. The van der Waals surface area contributed by atoms with Crippen LogP contribution in [0.3, 0.4) is 0 Å². The van der Waals surface area contributed by atoms with Gasteiger partial charge in [-0.15, -0.1) is 0 Å². The smallest absolute Gasteiger partial charge is 0.314 e. The van der Waals surface area contributed by atoms with E-state index >= 15 is 0 Å². The maximum absolute atomic E-state index is 11.9. The number of hydrogen-bond donors (Lipinski definition) is 3. The Balaban J connectivity index is 0. The first-order valence-electron chi connectivity index (χ1n) is 5.85. The summed E-state index contributed by atoms with van der Waals surface area (Å²) < 4.78 is 13.8. The third-order valence-corrected chi connectivity index (χ3v) is 2.62. The summed E-state index contributed by atoms with van der Waals surface area (Å²) in [5, 5.41) is 8.38. The molecule has 0 atom stereocenters. The predicted molar refractivity (Wildman–Crippen MR) is 69.7 cm³/mol. The van der Waals surface area contributed by atoms with E-state index in [1.54, 1.807) is 6.07 Å². The Hall–Kier alpha value is -2.22. The number of hydrogen-bond acceptors (Lipinski definition) is 10. The van der Waals surface area contributed by atoms with Gasteiger partial charge in [0.25, 0.3) is 12.9 Å². The van der Waals surface area contributed by atoms with E-state index in [1.165, 1.54) is 0 Å². The van der Waals surface area contributed by atoms with Crippen LogP contribution in [0.25, 0.3) is 0 Å². The van der Waals surface area contributed by atoms with Crippen LogP contribution in [0.1, 0.15) is 12.8 Å².